The van der Waals surface area contributed by atoms with E-state index in [1.165, 1.54) is 7.11 Å². The molecule has 1 aromatic carbocycles. The van der Waals surface area contributed by atoms with Gasteiger partial charge in [0.25, 0.3) is 11.8 Å². The predicted molar refractivity (Wildman–Crippen MR) is 104 cm³/mol. The second-order valence-corrected chi connectivity index (χ2v) is 8.22. The lowest BCUT2D eigenvalue weighted by atomic mass is 10.1. The Bertz CT molecular complexity index is 884. The number of benzene rings is 1. The number of halogens is 2. The Kier molecular flexibility index (Phi) is 7.02. The van der Waals surface area contributed by atoms with Crippen molar-refractivity contribution in [2.45, 2.75) is 37.7 Å². The Balaban J connectivity index is 2.18. The van der Waals surface area contributed by atoms with Crippen LogP contribution in [-0.2, 0) is 14.3 Å². The van der Waals surface area contributed by atoms with Crippen LogP contribution in [-0.4, -0.2) is 47.2 Å². The highest BCUT2D eigenvalue weighted by Gasteiger charge is 2.37. The summed E-state index contributed by atoms with van der Waals surface area (Å²) in [5.41, 5.74) is -1.44. The number of rotatable bonds is 4. The minimum atomic E-state index is -0.995. The molecule has 0 radical (unpaired) electrons. The highest BCUT2D eigenvalue weighted by atomic mass is 35.5. The molecule has 3 amide bonds. The number of carbonyl (C=O) groups is 3. The molecule has 0 bridgehead atoms. The molecule has 29 heavy (non-hydrogen) atoms. The molecule has 2 rings (SSSR count). The smallest absolute Gasteiger partial charge is 0.417 e. The van der Waals surface area contributed by atoms with E-state index < -0.39 is 40.7 Å². The van der Waals surface area contributed by atoms with Gasteiger partial charge in [-0.3, -0.25) is 14.3 Å². The number of nitrogens with zero attached hydrogens (tertiary/aromatic N) is 1. The third-order valence-electron chi connectivity index (χ3n) is 3.59. The van der Waals surface area contributed by atoms with Gasteiger partial charge in [-0.05, 0) is 44.9 Å². The fourth-order valence-corrected chi connectivity index (χ4v) is 3.49. The van der Waals surface area contributed by atoms with Gasteiger partial charge in [-0.25, -0.2) is 14.1 Å². The monoisotopic (exact) mass is 446 g/mol. The molecule has 0 spiro atoms. The molecule has 0 aromatic heterocycles. The topological polar surface area (TPSA) is 105 Å². The maximum atomic E-state index is 13.6. The summed E-state index contributed by atoms with van der Waals surface area (Å²) < 4.78 is 26.1. The van der Waals surface area contributed by atoms with E-state index in [0.717, 1.165) is 17.0 Å². The second-order valence-electron chi connectivity index (χ2n) is 6.96. The zero-order valence-electron chi connectivity index (χ0n) is 16.2. The van der Waals surface area contributed by atoms with Gasteiger partial charge in [0.05, 0.1) is 17.0 Å². The molecule has 1 aliphatic rings. The molecule has 0 fully saturated rings. The van der Waals surface area contributed by atoms with Crippen molar-refractivity contribution in [3.05, 3.63) is 34.3 Å². The third-order valence-corrected chi connectivity index (χ3v) is 4.68. The number of hydrogen-bond donors (Lipinski definition) is 2. The molecule has 158 valence electrons. The van der Waals surface area contributed by atoms with E-state index in [-0.39, 0.29) is 28.6 Å². The van der Waals surface area contributed by atoms with Crippen LogP contribution in [0.4, 0.5) is 9.18 Å². The average Bonchev–Trinajstić information content (AvgIpc) is 2.58. The first kappa shape index (κ1) is 22.8. The van der Waals surface area contributed by atoms with E-state index in [1.54, 1.807) is 20.8 Å². The van der Waals surface area contributed by atoms with Gasteiger partial charge >= 0.3 is 6.09 Å². The van der Waals surface area contributed by atoms with Gasteiger partial charge < -0.3 is 14.6 Å². The minimum absolute atomic E-state index is 0.00356. The highest BCUT2D eigenvalue weighted by molar-refractivity contribution is 7.98. The lowest BCUT2D eigenvalue weighted by Crippen LogP contribution is -2.46. The maximum Gasteiger partial charge on any atom is 0.417 e. The van der Waals surface area contributed by atoms with Crippen molar-refractivity contribution >= 4 is 41.5 Å². The van der Waals surface area contributed by atoms with Crippen LogP contribution in [0.3, 0.4) is 0 Å². The van der Waals surface area contributed by atoms with E-state index >= 15 is 0 Å². The molecule has 11 heteroatoms. The van der Waals surface area contributed by atoms with Crippen LogP contribution in [0.1, 0.15) is 27.2 Å². The molecular formula is C18H20ClFN2O6S. The van der Waals surface area contributed by atoms with Crippen LogP contribution in [0.15, 0.2) is 28.4 Å². The quantitative estimate of drug-likeness (QED) is 0.537. The van der Waals surface area contributed by atoms with Crippen LogP contribution in [0.25, 0.3) is 0 Å². The summed E-state index contributed by atoms with van der Waals surface area (Å²) in [6.45, 7) is 4.77. The molecule has 1 heterocycles. The van der Waals surface area contributed by atoms with Gasteiger partial charge in [-0.2, -0.15) is 0 Å². The largest absolute Gasteiger partial charge is 0.511 e. The van der Waals surface area contributed by atoms with Crippen molar-refractivity contribution < 1.29 is 33.4 Å². The Morgan fingerprint density at radius 2 is 2.00 bits per heavy atom. The minimum Gasteiger partial charge on any atom is -0.511 e. The first-order chi connectivity index (χ1) is 13.4. The number of aliphatic hydroxyl groups is 1. The maximum absolute atomic E-state index is 13.6. The normalized spacial score (nSPS) is 14.7. The summed E-state index contributed by atoms with van der Waals surface area (Å²) in [4.78, 5) is 38.2. The predicted octanol–water partition coefficient (Wildman–Crippen LogP) is 3.59. The number of imide groups is 1. The Morgan fingerprint density at radius 3 is 2.59 bits per heavy atom. The first-order valence-electron chi connectivity index (χ1n) is 8.41. The van der Waals surface area contributed by atoms with Gasteiger partial charge in [-0.15, -0.1) is 0 Å². The average molecular weight is 447 g/mol. The second kappa shape index (κ2) is 8.91. The summed E-state index contributed by atoms with van der Waals surface area (Å²) >= 11 is 6.54. The summed E-state index contributed by atoms with van der Waals surface area (Å²) in [6.07, 6.45) is -1.03. The van der Waals surface area contributed by atoms with Crippen molar-refractivity contribution in [2.75, 3.05) is 13.7 Å². The molecule has 0 atom stereocenters. The number of carbonyl (C=O) groups excluding carboxylic acids is 3. The summed E-state index contributed by atoms with van der Waals surface area (Å²) in [6, 6.07) is 2.13. The van der Waals surface area contributed by atoms with Crippen molar-refractivity contribution in [2.24, 2.45) is 0 Å². The van der Waals surface area contributed by atoms with Crippen LogP contribution in [0.5, 0.6) is 5.75 Å². The third kappa shape index (κ3) is 5.54. The lowest BCUT2D eigenvalue weighted by molar-refractivity contribution is -0.130. The molecule has 0 aliphatic carbocycles. The van der Waals surface area contributed by atoms with Gasteiger partial charge in [0.2, 0.25) is 0 Å². The first-order valence-corrected chi connectivity index (χ1v) is 9.61. The SMILES string of the molecule is COc1c(Cl)cc(F)cc1SNC(=O)C1=C(O)CCN(C(=O)OC(C)(C)C)C1=O. The fourth-order valence-electron chi connectivity index (χ4n) is 2.39. The Hall–Kier alpha value is -2.46. The zero-order valence-corrected chi connectivity index (χ0v) is 17.7. The number of methoxy groups -OCH3 is 1. The van der Waals surface area contributed by atoms with E-state index in [1.807, 2.05) is 0 Å². The van der Waals surface area contributed by atoms with E-state index in [9.17, 15) is 23.9 Å². The Morgan fingerprint density at radius 1 is 1.34 bits per heavy atom. The molecule has 0 saturated heterocycles. The Labute approximate surface area is 176 Å². The van der Waals surface area contributed by atoms with E-state index in [2.05, 4.69) is 4.72 Å². The van der Waals surface area contributed by atoms with Gasteiger partial charge in [0, 0.05) is 13.0 Å². The standard InChI is InChI=1S/C18H20ClFN2O6S/c1-18(2,3)28-17(26)22-6-5-11(23)13(16(22)25)15(24)21-29-12-8-9(20)7-10(19)14(12)27-4/h7-8,23H,5-6H2,1-4H3,(H,21,24). The molecule has 1 aromatic rings. The van der Waals surface area contributed by atoms with Crippen LogP contribution in [0, 0.1) is 5.82 Å². The van der Waals surface area contributed by atoms with Gasteiger partial charge in [0.1, 0.15) is 22.8 Å². The zero-order chi connectivity index (χ0) is 21.9. The van der Waals surface area contributed by atoms with Crippen molar-refractivity contribution in [3.8, 4) is 5.75 Å². The van der Waals surface area contributed by atoms with Crippen LogP contribution < -0.4 is 9.46 Å². The van der Waals surface area contributed by atoms with Crippen molar-refractivity contribution in [1.82, 2.24) is 9.62 Å². The number of aliphatic hydroxyl groups excluding tert-OH is 1. The number of amides is 3. The van der Waals surface area contributed by atoms with Gasteiger partial charge in [-0.1, -0.05) is 11.6 Å². The molecule has 2 N–H and O–H groups in total. The highest BCUT2D eigenvalue weighted by Crippen LogP contribution is 2.35. The van der Waals surface area contributed by atoms with Crippen LogP contribution in [0.2, 0.25) is 5.02 Å². The number of hydrogen-bond acceptors (Lipinski definition) is 7. The summed E-state index contributed by atoms with van der Waals surface area (Å²) in [7, 11) is 1.32. The van der Waals surface area contributed by atoms with Gasteiger partial charge in [0.15, 0.2) is 5.75 Å². The number of nitrogens with one attached hydrogen (secondary N) is 1. The molecular weight excluding hydrogens is 427 g/mol. The molecule has 0 saturated carbocycles. The fraction of sp³-hybridized carbons (Fsp3) is 0.389. The molecule has 0 unspecified atom stereocenters. The van der Waals surface area contributed by atoms with E-state index in [4.69, 9.17) is 21.1 Å². The molecule has 1 aliphatic heterocycles. The summed E-state index contributed by atoms with van der Waals surface area (Å²) in [5.74, 6) is -2.95. The number of ether oxygens (including phenoxy) is 2. The van der Waals surface area contributed by atoms with Crippen molar-refractivity contribution in [1.29, 1.82) is 0 Å². The van der Waals surface area contributed by atoms with E-state index in [0.29, 0.717) is 11.9 Å². The van der Waals surface area contributed by atoms with Crippen LogP contribution >= 0.6 is 23.5 Å². The summed E-state index contributed by atoms with van der Waals surface area (Å²) in [5, 5.41) is 10.0. The van der Waals surface area contributed by atoms with Crippen molar-refractivity contribution in [3.63, 3.8) is 0 Å². The lowest BCUT2D eigenvalue weighted by Gasteiger charge is -2.29. The molecule has 8 nitrogen and oxygen atoms in total.